The van der Waals surface area contributed by atoms with Crippen molar-refractivity contribution in [3.63, 3.8) is 0 Å². The van der Waals surface area contributed by atoms with Crippen molar-refractivity contribution in [2.75, 3.05) is 26.2 Å². The fourth-order valence-electron chi connectivity index (χ4n) is 3.66. The van der Waals surface area contributed by atoms with Crippen LogP contribution in [0.25, 0.3) is 0 Å². The minimum Gasteiger partial charge on any atom is -0.335 e. The molecule has 2 aromatic rings. The smallest absolute Gasteiger partial charge is 0.274 e. The Bertz CT molecular complexity index is 844. The molecule has 1 aromatic carbocycles. The number of piperazine rings is 1. The molecule has 0 spiro atoms. The van der Waals surface area contributed by atoms with Crippen molar-refractivity contribution >= 4 is 11.8 Å². The zero-order valence-electron chi connectivity index (χ0n) is 14.8. The molecule has 2 amide bonds. The molecule has 2 aliphatic rings. The van der Waals surface area contributed by atoms with Gasteiger partial charge in [0.1, 0.15) is 17.2 Å². The highest BCUT2D eigenvalue weighted by Gasteiger charge is 2.29. The van der Waals surface area contributed by atoms with Gasteiger partial charge < -0.3 is 9.80 Å². The fourth-order valence-corrected chi connectivity index (χ4v) is 3.66. The Labute approximate surface area is 155 Å². The van der Waals surface area contributed by atoms with Crippen LogP contribution in [0, 0.1) is 11.6 Å². The van der Waals surface area contributed by atoms with E-state index >= 15 is 0 Å². The Kier molecular flexibility index (Phi) is 4.63. The number of carbonyl (C=O) groups is 2. The van der Waals surface area contributed by atoms with Gasteiger partial charge in [0, 0.05) is 38.4 Å². The number of halogens is 2. The lowest BCUT2D eigenvalue weighted by atomic mass is 10.1. The van der Waals surface area contributed by atoms with Crippen molar-refractivity contribution in [2.24, 2.45) is 0 Å². The van der Waals surface area contributed by atoms with Crippen LogP contribution in [0.1, 0.15) is 39.4 Å². The van der Waals surface area contributed by atoms with Crippen LogP contribution in [0.2, 0.25) is 0 Å². The van der Waals surface area contributed by atoms with Crippen molar-refractivity contribution in [1.29, 1.82) is 0 Å². The van der Waals surface area contributed by atoms with Crippen LogP contribution in [0.5, 0.6) is 0 Å². The molecule has 0 bridgehead atoms. The number of benzene rings is 1. The molecule has 4 rings (SSSR count). The first-order chi connectivity index (χ1) is 13.0. The molecule has 0 aliphatic carbocycles. The Morgan fingerprint density at radius 1 is 0.889 bits per heavy atom. The van der Waals surface area contributed by atoms with Gasteiger partial charge in [-0.3, -0.25) is 14.3 Å². The summed E-state index contributed by atoms with van der Waals surface area (Å²) < 4.78 is 29.6. The van der Waals surface area contributed by atoms with Gasteiger partial charge in [-0.05, 0) is 37.5 Å². The molecular weight excluding hydrogens is 354 g/mol. The molecule has 1 aromatic heterocycles. The van der Waals surface area contributed by atoms with E-state index in [1.54, 1.807) is 4.90 Å². The van der Waals surface area contributed by atoms with Crippen molar-refractivity contribution in [2.45, 2.75) is 25.8 Å². The number of carbonyl (C=O) groups excluding carboxylic acids is 2. The van der Waals surface area contributed by atoms with E-state index in [-0.39, 0.29) is 19.0 Å². The van der Waals surface area contributed by atoms with Gasteiger partial charge in [-0.15, -0.1) is 0 Å². The standard InChI is InChI=1S/C19H20F2N4O2/c20-14-5-3-6-15(21)17(14)19(27)24-10-8-23(9-11-24)18(26)16-12-13-4-1-2-7-25(13)22-16/h3,5-6,12H,1-2,4,7-11H2. The summed E-state index contributed by atoms with van der Waals surface area (Å²) in [4.78, 5) is 28.2. The first-order valence-corrected chi connectivity index (χ1v) is 9.14. The molecule has 2 aliphatic heterocycles. The molecule has 3 heterocycles. The molecule has 8 heteroatoms. The molecule has 1 fully saturated rings. The predicted molar refractivity (Wildman–Crippen MR) is 93.3 cm³/mol. The highest BCUT2D eigenvalue weighted by atomic mass is 19.1. The lowest BCUT2D eigenvalue weighted by molar-refractivity contribution is 0.0526. The van der Waals surface area contributed by atoms with E-state index in [1.165, 1.54) is 11.0 Å². The summed E-state index contributed by atoms with van der Waals surface area (Å²) >= 11 is 0. The van der Waals surface area contributed by atoms with Gasteiger partial charge in [-0.2, -0.15) is 5.10 Å². The zero-order chi connectivity index (χ0) is 19.0. The minimum atomic E-state index is -0.873. The van der Waals surface area contributed by atoms with Crippen LogP contribution in [-0.2, 0) is 13.0 Å². The lowest BCUT2D eigenvalue weighted by Crippen LogP contribution is -2.51. The molecule has 142 valence electrons. The van der Waals surface area contributed by atoms with Crippen molar-refractivity contribution in [3.8, 4) is 0 Å². The third-order valence-electron chi connectivity index (χ3n) is 5.17. The maximum atomic E-state index is 13.8. The van der Waals surface area contributed by atoms with Crippen LogP contribution in [0.4, 0.5) is 8.78 Å². The van der Waals surface area contributed by atoms with E-state index in [0.29, 0.717) is 18.8 Å². The fraction of sp³-hybridized carbons (Fsp3) is 0.421. The lowest BCUT2D eigenvalue weighted by Gasteiger charge is -2.34. The van der Waals surface area contributed by atoms with Gasteiger partial charge in [0.25, 0.3) is 11.8 Å². The SMILES string of the molecule is O=C(c1cc2n(n1)CCCC2)N1CCN(C(=O)c2c(F)cccc2F)CC1. The number of amides is 2. The van der Waals surface area contributed by atoms with Crippen molar-refractivity contribution < 1.29 is 18.4 Å². The summed E-state index contributed by atoms with van der Waals surface area (Å²) in [6, 6.07) is 5.20. The van der Waals surface area contributed by atoms with Gasteiger partial charge in [0.15, 0.2) is 5.69 Å². The van der Waals surface area contributed by atoms with Crippen LogP contribution in [-0.4, -0.2) is 57.6 Å². The third kappa shape index (κ3) is 3.31. The van der Waals surface area contributed by atoms with Crippen molar-refractivity contribution in [3.05, 3.63) is 52.9 Å². The molecule has 0 radical (unpaired) electrons. The number of nitrogens with zero attached hydrogens (tertiary/aromatic N) is 4. The Hall–Kier alpha value is -2.77. The average molecular weight is 374 g/mol. The first kappa shape index (κ1) is 17.6. The van der Waals surface area contributed by atoms with Gasteiger partial charge in [0.2, 0.25) is 0 Å². The first-order valence-electron chi connectivity index (χ1n) is 9.14. The maximum absolute atomic E-state index is 13.8. The molecule has 1 saturated heterocycles. The zero-order valence-corrected chi connectivity index (χ0v) is 14.8. The molecule has 6 nitrogen and oxygen atoms in total. The quantitative estimate of drug-likeness (QED) is 0.809. The van der Waals surface area contributed by atoms with E-state index in [0.717, 1.165) is 43.6 Å². The topological polar surface area (TPSA) is 58.4 Å². The Morgan fingerprint density at radius 2 is 1.52 bits per heavy atom. The second-order valence-electron chi connectivity index (χ2n) is 6.88. The number of fused-ring (bicyclic) bond motifs is 1. The summed E-state index contributed by atoms with van der Waals surface area (Å²) in [5, 5.41) is 4.40. The minimum absolute atomic E-state index is 0.166. The molecule has 0 atom stereocenters. The van der Waals surface area contributed by atoms with E-state index < -0.39 is 23.1 Å². The van der Waals surface area contributed by atoms with Gasteiger partial charge in [0.05, 0.1) is 0 Å². The third-order valence-corrected chi connectivity index (χ3v) is 5.17. The van der Waals surface area contributed by atoms with Crippen molar-refractivity contribution in [1.82, 2.24) is 19.6 Å². The van der Waals surface area contributed by atoms with Gasteiger partial charge >= 0.3 is 0 Å². The average Bonchev–Trinajstić information content (AvgIpc) is 3.11. The normalized spacial score (nSPS) is 17.0. The van der Waals surface area contributed by atoms with Gasteiger partial charge in [-0.1, -0.05) is 6.07 Å². The number of aryl methyl sites for hydroxylation is 2. The summed E-state index contributed by atoms with van der Waals surface area (Å²) in [5.74, 6) is -2.60. The summed E-state index contributed by atoms with van der Waals surface area (Å²) in [5.41, 5.74) is 0.958. The molecule has 27 heavy (non-hydrogen) atoms. The maximum Gasteiger partial charge on any atom is 0.274 e. The molecule has 0 N–H and O–H groups in total. The second kappa shape index (κ2) is 7.09. The van der Waals surface area contributed by atoms with E-state index in [2.05, 4.69) is 5.10 Å². The predicted octanol–water partition coefficient (Wildman–Crippen LogP) is 2.10. The van der Waals surface area contributed by atoms with Crippen LogP contribution in [0.3, 0.4) is 0 Å². The summed E-state index contributed by atoms with van der Waals surface area (Å²) in [6.07, 6.45) is 3.10. The number of aromatic nitrogens is 2. The number of rotatable bonds is 2. The second-order valence-corrected chi connectivity index (χ2v) is 6.88. The molecule has 0 saturated carbocycles. The van der Waals surface area contributed by atoms with E-state index in [1.807, 2.05) is 10.7 Å². The monoisotopic (exact) mass is 374 g/mol. The largest absolute Gasteiger partial charge is 0.335 e. The summed E-state index contributed by atoms with van der Waals surface area (Å²) in [7, 11) is 0. The Balaban J connectivity index is 1.42. The van der Waals surface area contributed by atoms with Crippen LogP contribution >= 0.6 is 0 Å². The highest BCUT2D eigenvalue weighted by Crippen LogP contribution is 2.19. The highest BCUT2D eigenvalue weighted by molar-refractivity contribution is 5.95. The van der Waals surface area contributed by atoms with Crippen LogP contribution in [0.15, 0.2) is 24.3 Å². The van der Waals surface area contributed by atoms with Crippen LogP contribution < -0.4 is 0 Å². The van der Waals surface area contributed by atoms with E-state index in [9.17, 15) is 18.4 Å². The molecular formula is C19H20F2N4O2. The Morgan fingerprint density at radius 3 is 2.15 bits per heavy atom. The van der Waals surface area contributed by atoms with Gasteiger partial charge in [-0.25, -0.2) is 8.78 Å². The summed E-state index contributed by atoms with van der Waals surface area (Å²) in [6.45, 7) is 1.91. The molecule has 0 unspecified atom stereocenters. The number of hydrogen-bond donors (Lipinski definition) is 0. The van der Waals surface area contributed by atoms with E-state index in [4.69, 9.17) is 0 Å². The number of hydrogen-bond acceptors (Lipinski definition) is 3.